The van der Waals surface area contributed by atoms with E-state index in [1.807, 2.05) is 18.5 Å². The van der Waals surface area contributed by atoms with Crippen LogP contribution in [0.4, 0.5) is 0 Å². The molecule has 1 saturated heterocycles. The van der Waals surface area contributed by atoms with Gasteiger partial charge in [-0.05, 0) is 26.7 Å². The first-order valence-electron chi connectivity index (χ1n) is 9.85. The smallest absolute Gasteiger partial charge is 0.191 e. The van der Waals surface area contributed by atoms with Crippen molar-refractivity contribution in [3.05, 3.63) is 11.6 Å². The number of nitrogens with zero attached hydrogens (tertiary/aromatic N) is 5. The van der Waals surface area contributed by atoms with Crippen molar-refractivity contribution < 1.29 is 4.74 Å². The predicted octanol–water partition coefficient (Wildman–Crippen LogP) is 1.44. The number of aromatic nitrogens is 3. The molecule has 9 heteroatoms. The summed E-state index contributed by atoms with van der Waals surface area (Å²) in [6.45, 7) is 9.29. The van der Waals surface area contributed by atoms with Crippen molar-refractivity contribution in [2.75, 3.05) is 32.8 Å². The van der Waals surface area contributed by atoms with Crippen molar-refractivity contribution >= 4 is 29.9 Å². The lowest BCUT2D eigenvalue weighted by Crippen LogP contribution is -2.50. The molecule has 0 spiro atoms. The van der Waals surface area contributed by atoms with Gasteiger partial charge in [0.05, 0.1) is 13.2 Å². The number of halogens is 1. The van der Waals surface area contributed by atoms with Crippen LogP contribution in [-0.2, 0) is 18.3 Å². The number of hydrogen-bond acceptors (Lipinski definition) is 5. The SMILES string of the molecule is Cc1nnc(CN=C(NCC(C)N2CCOCC2)NC2CCCC2)n1C.I. The van der Waals surface area contributed by atoms with Gasteiger partial charge < -0.3 is 19.9 Å². The standard InChI is InChI=1S/C18H33N7O.HI/c1-14(25-8-10-26-11-9-25)12-19-18(21-16-6-4-5-7-16)20-13-17-23-22-15(2)24(17)3;/h14,16H,4-13H2,1-3H3,(H2,19,20,21);1H. The zero-order valence-electron chi connectivity index (χ0n) is 16.8. The Morgan fingerprint density at radius 1 is 1.26 bits per heavy atom. The number of ether oxygens (including phenoxy) is 1. The first-order chi connectivity index (χ1) is 12.6. The molecule has 1 aromatic rings. The lowest BCUT2D eigenvalue weighted by Gasteiger charge is -2.32. The van der Waals surface area contributed by atoms with Gasteiger partial charge in [0.2, 0.25) is 0 Å². The number of morpholine rings is 1. The van der Waals surface area contributed by atoms with E-state index in [9.17, 15) is 0 Å². The van der Waals surface area contributed by atoms with Crippen LogP contribution in [-0.4, -0.2) is 70.6 Å². The molecule has 1 atom stereocenters. The Labute approximate surface area is 179 Å². The highest BCUT2D eigenvalue weighted by Gasteiger charge is 2.19. The molecule has 0 amide bonds. The Kier molecular flexibility index (Phi) is 9.24. The maximum absolute atomic E-state index is 5.45. The summed E-state index contributed by atoms with van der Waals surface area (Å²) in [7, 11) is 1.98. The highest BCUT2D eigenvalue weighted by atomic mass is 127. The molecule has 154 valence electrons. The van der Waals surface area contributed by atoms with Crippen LogP contribution in [0, 0.1) is 6.92 Å². The maximum Gasteiger partial charge on any atom is 0.191 e. The Balaban J connectivity index is 0.00000261. The molecule has 0 radical (unpaired) electrons. The highest BCUT2D eigenvalue weighted by Crippen LogP contribution is 2.17. The van der Waals surface area contributed by atoms with Crippen LogP contribution in [0.2, 0.25) is 0 Å². The van der Waals surface area contributed by atoms with E-state index in [0.717, 1.165) is 50.5 Å². The molecule has 0 aromatic carbocycles. The van der Waals surface area contributed by atoms with Crippen molar-refractivity contribution in [3.63, 3.8) is 0 Å². The Bertz CT molecular complexity index is 595. The molecule has 3 rings (SSSR count). The normalized spacial score (nSPS) is 20.3. The van der Waals surface area contributed by atoms with Gasteiger partial charge in [-0.1, -0.05) is 12.8 Å². The van der Waals surface area contributed by atoms with Gasteiger partial charge in [-0.2, -0.15) is 0 Å². The first-order valence-corrected chi connectivity index (χ1v) is 9.85. The minimum atomic E-state index is 0. The van der Waals surface area contributed by atoms with Gasteiger partial charge in [0.25, 0.3) is 0 Å². The van der Waals surface area contributed by atoms with Crippen LogP contribution in [0.1, 0.15) is 44.3 Å². The molecule has 1 aliphatic carbocycles. The summed E-state index contributed by atoms with van der Waals surface area (Å²) in [5, 5.41) is 15.5. The van der Waals surface area contributed by atoms with E-state index in [1.165, 1.54) is 25.7 Å². The molecule has 2 fully saturated rings. The third-order valence-corrected chi connectivity index (χ3v) is 5.49. The van der Waals surface area contributed by atoms with Gasteiger partial charge in [-0.3, -0.25) is 4.90 Å². The third kappa shape index (κ3) is 6.56. The van der Waals surface area contributed by atoms with Gasteiger partial charge in [0.1, 0.15) is 12.4 Å². The summed E-state index contributed by atoms with van der Waals surface area (Å²) >= 11 is 0. The van der Waals surface area contributed by atoms with Crippen LogP contribution in [0.3, 0.4) is 0 Å². The topological polar surface area (TPSA) is 79.6 Å². The molecule has 1 unspecified atom stereocenters. The van der Waals surface area contributed by atoms with E-state index in [-0.39, 0.29) is 24.0 Å². The predicted molar refractivity (Wildman–Crippen MR) is 118 cm³/mol. The van der Waals surface area contributed by atoms with Gasteiger partial charge in [0, 0.05) is 38.8 Å². The minimum Gasteiger partial charge on any atom is -0.379 e. The van der Waals surface area contributed by atoms with Crippen LogP contribution in [0.15, 0.2) is 4.99 Å². The van der Waals surface area contributed by atoms with E-state index in [0.29, 0.717) is 18.6 Å². The molecule has 1 aliphatic heterocycles. The fraction of sp³-hybridized carbons (Fsp3) is 0.833. The number of nitrogens with one attached hydrogen (secondary N) is 2. The van der Waals surface area contributed by atoms with E-state index in [2.05, 4.69) is 32.7 Å². The lowest BCUT2D eigenvalue weighted by molar-refractivity contribution is 0.0211. The van der Waals surface area contributed by atoms with Crippen LogP contribution in [0.5, 0.6) is 0 Å². The van der Waals surface area contributed by atoms with E-state index < -0.39 is 0 Å². The maximum atomic E-state index is 5.45. The molecule has 2 N–H and O–H groups in total. The number of aryl methyl sites for hydroxylation is 1. The second-order valence-electron chi connectivity index (χ2n) is 7.39. The molecule has 1 saturated carbocycles. The van der Waals surface area contributed by atoms with Gasteiger partial charge in [-0.15, -0.1) is 34.2 Å². The quantitative estimate of drug-likeness (QED) is 0.356. The Morgan fingerprint density at radius 3 is 2.59 bits per heavy atom. The third-order valence-electron chi connectivity index (χ3n) is 5.49. The van der Waals surface area contributed by atoms with Gasteiger partial charge in [0.15, 0.2) is 11.8 Å². The van der Waals surface area contributed by atoms with Crippen LogP contribution < -0.4 is 10.6 Å². The fourth-order valence-corrected chi connectivity index (χ4v) is 3.55. The van der Waals surface area contributed by atoms with Gasteiger partial charge in [-0.25, -0.2) is 4.99 Å². The molecule has 0 bridgehead atoms. The van der Waals surface area contributed by atoms with Crippen molar-refractivity contribution in [2.45, 2.75) is 58.2 Å². The monoisotopic (exact) mass is 491 g/mol. The van der Waals surface area contributed by atoms with Crippen molar-refractivity contribution in [1.29, 1.82) is 0 Å². The first kappa shape index (κ1) is 22.4. The Morgan fingerprint density at radius 2 is 1.96 bits per heavy atom. The zero-order valence-corrected chi connectivity index (χ0v) is 19.1. The zero-order chi connectivity index (χ0) is 18.4. The average Bonchev–Trinajstić information content (AvgIpc) is 3.29. The number of rotatable bonds is 6. The summed E-state index contributed by atoms with van der Waals surface area (Å²) in [6, 6.07) is 0.979. The van der Waals surface area contributed by atoms with Crippen molar-refractivity contribution in [3.8, 4) is 0 Å². The summed E-state index contributed by atoms with van der Waals surface area (Å²) in [4.78, 5) is 7.24. The molecule has 2 heterocycles. The summed E-state index contributed by atoms with van der Waals surface area (Å²) < 4.78 is 7.44. The summed E-state index contributed by atoms with van der Waals surface area (Å²) in [6.07, 6.45) is 5.06. The molecule has 1 aromatic heterocycles. The fourth-order valence-electron chi connectivity index (χ4n) is 3.55. The molecule has 27 heavy (non-hydrogen) atoms. The minimum absolute atomic E-state index is 0. The molecule has 2 aliphatic rings. The molecular formula is C18H34IN7O. The number of guanidine groups is 1. The molecular weight excluding hydrogens is 457 g/mol. The number of aliphatic imine (C=N–C) groups is 1. The average molecular weight is 491 g/mol. The second kappa shape index (κ2) is 11.2. The van der Waals surface area contributed by atoms with Crippen molar-refractivity contribution in [1.82, 2.24) is 30.3 Å². The summed E-state index contributed by atoms with van der Waals surface area (Å²) in [5.74, 6) is 2.68. The van der Waals surface area contributed by atoms with Crippen LogP contribution in [0.25, 0.3) is 0 Å². The van der Waals surface area contributed by atoms with E-state index >= 15 is 0 Å². The lowest BCUT2D eigenvalue weighted by atomic mass is 10.2. The Hall–Kier alpha value is -0.940. The van der Waals surface area contributed by atoms with Crippen molar-refractivity contribution in [2.24, 2.45) is 12.0 Å². The van der Waals surface area contributed by atoms with E-state index in [1.54, 1.807) is 0 Å². The second-order valence-corrected chi connectivity index (χ2v) is 7.39. The summed E-state index contributed by atoms with van der Waals surface area (Å²) in [5.41, 5.74) is 0. The van der Waals surface area contributed by atoms with Gasteiger partial charge >= 0.3 is 0 Å². The van der Waals surface area contributed by atoms with Crippen LogP contribution >= 0.6 is 24.0 Å². The largest absolute Gasteiger partial charge is 0.379 e. The highest BCUT2D eigenvalue weighted by molar-refractivity contribution is 14.0. The molecule has 8 nitrogen and oxygen atoms in total. The van der Waals surface area contributed by atoms with E-state index in [4.69, 9.17) is 9.73 Å². The number of hydrogen-bond donors (Lipinski definition) is 2.